The number of hydrogen-bond donors (Lipinski definition) is 2. The predicted molar refractivity (Wildman–Crippen MR) is 76.0 cm³/mol. The summed E-state index contributed by atoms with van der Waals surface area (Å²) in [5, 5.41) is 12.8. The Labute approximate surface area is 114 Å². The SMILES string of the molecule is CC(O)c1nc2cc(N)ccc2n1Cc1nccs1. The van der Waals surface area contributed by atoms with E-state index in [1.807, 2.05) is 28.1 Å². The van der Waals surface area contributed by atoms with Gasteiger partial charge in [-0.05, 0) is 25.1 Å². The lowest BCUT2D eigenvalue weighted by atomic mass is 10.3. The second-order valence-corrected chi connectivity index (χ2v) is 5.39. The lowest BCUT2D eigenvalue weighted by molar-refractivity contribution is 0.185. The molecule has 0 fully saturated rings. The van der Waals surface area contributed by atoms with Gasteiger partial charge in [-0.2, -0.15) is 0 Å². The van der Waals surface area contributed by atoms with E-state index in [0.29, 0.717) is 18.1 Å². The Morgan fingerprint density at radius 1 is 1.47 bits per heavy atom. The molecular formula is C13H14N4OS. The van der Waals surface area contributed by atoms with Crippen molar-refractivity contribution < 1.29 is 5.11 Å². The van der Waals surface area contributed by atoms with Crippen LogP contribution in [0, 0.1) is 0 Å². The van der Waals surface area contributed by atoms with Gasteiger partial charge in [-0.1, -0.05) is 0 Å². The molecule has 1 atom stereocenters. The molecule has 0 aliphatic rings. The number of rotatable bonds is 3. The van der Waals surface area contributed by atoms with Crippen LogP contribution in [-0.2, 0) is 6.54 Å². The van der Waals surface area contributed by atoms with E-state index >= 15 is 0 Å². The third kappa shape index (κ3) is 2.20. The summed E-state index contributed by atoms with van der Waals surface area (Å²) in [5.74, 6) is 0.635. The maximum Gasteiger partial charge on any atom is 0.138 e. The number of thiazole rings is 1. The van der Waals surface area contributed by atoms with E-state index < -0.39 is 6.10 Å². The Balaban J connectivity index is 2.16. The summed E-state index contributed by atoms with van der Waals surface area (Å²) in [7, 11) is 0. The average molecular weight is 274 g/mol. The zero-order valence-electron chi connectivity index (χ0n) is 10.4. The van der Waals surface area contributed by atoms with Gasteiger partial charge in [-0.25, -0.2) is 9.97 Å². The molecule has 0 amide bonds. The normalized spacial score (nSPS) is 12.9. The highest BCUT2D eigenvalue weighted by Crippen LogP contribution is 2.24. The molecule has 3 N–H and O–H groups in total. The van der Waals surface area contributed by atoms with Crippen LogP contribution in [0.15, 0.2) is 29.8 Å². The number of nitrogens with two attached hydrogens (primary N) is 1. The minimum absolute atomic E-state index is 0.609. The minimum Gasteiger partial charge on any atom is -0.399 e. The number of fused-ring (bicyclic) bond motifs is 1. The first-order chi connectivity index (χ1) is 9.15. The molecule has 0 aliphatic heterocycles. The standard InChI is InChI=1S/C13H14N4OS/c1-8(18)13-16-10-6-9(14)2-3-11(10)17(13)7-12-15-4-5-19-12/h2-6,8,18H,7,14H2,1H3. The second-order valence-electron chi connectivity index (χ2n) is 4.41. The second kappa shape index (κ2) is 4.64. The molecule has 0 radical (unpaired) electrons. The molecule has 0 saturated carbocycles. The smallest absolute Gasteiger partial charge is 0.138 e. The molecule has 1 aromatic carbocycles. The van der Waals surface area contributed by atoms with Crippen LogP contribution in [0.2, 0.25) is 0 Å². The van der Waals surface area contributed by atoms with Gasteiger partial charge in [0.25, 0.3) is 0 Å². The summed E-state index contributed by atoms with van der Waals surface area (Å²) in [6.07, 6.45) is 1.15. The fourth-order valence-corrected chi connectivity index (χ4v) is 2.72. The molecule has 0 saturated heterocycles. The summed E-state index contributed by atoms with van der Waals surface area (Å²) in [4.78, 5) is 8.74. The van der Waals surface area contributed by atoms with Crippen molar-refractivity contribution in [2.75, 3.05) is 5.73 Å². The van der Waals surface area contributed by atoms with Gasteiger partial charge in [0, 0.05) is 17.3 Å². The highest BCUT2D eigenvalue weighted by atomic mass is 32.1. The minimum atomic E-state index is -0.631. The zero-order chi connectivity index (χ0) is 13.4. The third-order valence-corrected chi connectivity index (χ3v) is 3.72. The van der Waals surface area contributed by atoms with Crippen molar-refractivity contribution in [3.63, 3.8) is 0 Å². The lowest BCUT2D eigenvalue weighted by Gasteiger charge is -2.09. The zero-order valence-corrected chi connectivity index (χ0v) is 11.3. The number of nitrogens with zero attached hydrogens (tertiary/aromatic N) is 3. The van der Waals surface area contributed by atoms with Gasteiger partial charge in [0.1, 0.15) is 16.9 Å². The quantitative estimate of drug-likeness (QED) is 0.718. The van der Waals surface area contributed by atoms with E-state index in [1.54, 1.807) is 24.5 Å². The van der Waals surface area contributed by atoms with Gasteiger partial charge in [0.05, 0.1) is 17.6 Å². The monoisotopic (exact) mass is 274 g/mol. The Morgan fingerprint density at radius 3 is 3.00 bits per heavy atom. The maximum absolute atomic E-state index is 9.87. The summed E-state index contributed by atoms with van der Waals surface area (Å²) >= 11 is 1.59. The Morgan fingerprint density at radius 2 is 2.32 bits per heavy atom. The largest absolute Gasteiger partial charge is 0.399 e. The third-order valence-electron chi connectivity index (χ3n) is 2.95. The van der Waals surface area contributed by atoms with E-state index in [9.17, 15) is 5.11 Å². The highest BCUT2D eigenvalue weighted by molar-refractivity contribution is 7.09. The number of anilines is 1. The summed E-state index contributed by atoms with van der Waals surface area (Å²) < 4.78 is 1.98. The van der Waals surface area contributed by atoms with Crippen molar-refractivity contribution in [3.05, 3.63) is 40.6 Å². The van der Waals surface area contributed by atoms with Crippen LogP contribution >= 0.6 is 11.3 Å². The predicted octanol–water partition coefficient (Wildman–Crippen LogP) is 2.18. The first-order valence-corrected chi connectivity index (χ1v) is 6.85. The molecule has 2 heterocycles. The van der Waals surface area contributed by atoms with Crippen molar-refractivity contribution >= 4 is 28.1 Å². The van der Waals surface area contributed by atoms with Crippen molar-refractivity contribution in [3.8, 4) is 0 Å². The Kier molecular flexibility index (Phi) is 2.96. The van der Waals surface area contributed by atoms with Gasteiger partial charge in [-0.15, -0.1) is 11.3 Å². The summed E-state index contributed by atoms with van der Waals surface area (Å²) in [6.45, 7) is 2.32. The Bertz CT molecular complexity index is 703. The molecule has 6 heteroatoms. The number of hydrogen-bond acceptors (Lipinski definition) is 5. The molecule has 3 rings (SSSR count). The van der Waals surface area contributed by atoms with Gasteiger partial charge < -0.3 is 15.4 Å². The maximum atomic E-state index is 9.87. The number of benzene rings is 1. The first kappa shape index (κ1) is 12.1. The summed E-state index contributed by atoms with van der Waals surface area (Å²) in [5.41, 5.74) is 8.20. The first-order valence-electron chi connectivity index (χ1n) is 5.97. The van der Waals surface area contributed by atoms with E-state index in [0.717, 1.165) is 16.0 Å². The van der Waals surface area contributed by atoms with Crippen molar-refractivity contribution in [1.29, 1.82) is 0 Å². The lowest BCUT2D eigenvalue weighted by Crippen LogP contribution is -2.07. The van der Waals surface area contributed by atoms with E-state index in [4.69, 9.17) is 5.73 Å². The molecule has 1 unspecified atom stereocenters. The highest BCUT2D eigenvalue weighted by Gasteiger charge is 2.15. The Hall–Kier alpha value is -1.92. The van der Waals surface area contributed by atoms with Gasteiger partial charge in [-0.3, -0.25) is 0 Å². The summed E-state index contributed by atoms with van der Waals surface area (Å²) in [6, 6.07) is 5.59. The van der Waals surface area contributed by atoms with Crippen LogP contribution in [0.1, 0.15) is 23.9 Å². The molecule has 2 aromatic heterocycles. The van der Waals surface area contributed by atoms with Crippen molar-refractivity contribution in [2.24, 2.45) is 0 Å². The molecular weight excluding hydrogens is 260 g/mol. The number of aromatic nitrogens is 3. The number of aliphatic hydroxyl groups excluding tert-OH is 1. The molecule has 5 nitrogen and oxygen atoms in total. The van der Waals surface area contributed by atoms with Gasteiger partial charge in [0.15, 0.2) is 0 Å². The molecule has 3 aromatic rings. The van der Waals surface area contributed by atoms with Crippen LogP contribution in [0.5, 0.6) is 0 Å². The fourth-order valence-electron chi connectivity index (χ4n) is 2.12. The number of imidazole rings is 1. The fraction of sp³-hybridized carbons (Fsp3) is 0.231. The van der Waals surface area contributed by atoms with Crippen LogP contribution in [-0.4, -0.2) is 19.6 Å². The molecule has 19 heavy (non-hydrogen) atoms. The number of aliphatic hydroxyl groups is 1. The van der Waals surface area contributed by atoms with E-state index in [1.165, 1.54) is 0 Å². The molecule has 0 spiro atoms. The van der Waals surface area contributed by atoms with Crippen molar-refractivity contribution in [1.82, 2.24) is 14.5 Å². The van der Waals surface area contributed by atoms with Crippen LogP contribution < -0.4 is 5.73 Å². The van der Waals surface area contributed by atoms with E-state index in [-0.39, 0.29) is 0 Å². The number of nitrogen functional groups attached to an aromatic ring is 1. The van der Waals surface area contributed by atoms with Crippen molar-refractivity contribution in [2.45, 2.75) is 19.6 Å². The average Bonchev–Trinajstić information content (AvgIpc) is 2.97. The van der Waals surface area contributed by atoms with Crippen LogP contribution in [0.3, 0.4) is 0 Å². The van der Waals surface area contributed by atoms with Gasteiger partial charge >= 0.3 is 0 Å². The van der Waals surface area contributed by atoms with Crippen LogP contribution in [0.4, 0.5) is 5.69 Å². The molecule has 98 valence electrons. The molecule has 0 bridgehead atoms. The molecule has 0 aliphatic carbocycles. The topological polar surface area (TPSA) is 77.0 Å². The van der Waals surface area contributed by atoms with E-state index in [2.05, 4.69) is 9.97 Å². The van der Waals surface area contributed by atoms with Crippen LogP contribution in [0.25, 0.3) is 11.0 Å². The van der Waals surface area contributed by atoms with Gasteiger partial charge in [0.2, 0.25) is 0 Å².